The van der Waals surface area contributed by atoms with Gasteiger partial charge in [0.1, 0.15) is 0 Å². The van der Waals surface area contributed by atoms with Crippen molar-refractivity contribution in [2.45, 2.75) is 25.7 Å². The molecule has 0 aliphatic heterocycles. The number of hydrogen-bond acceptors (Lipinski definition) is 2. The standard InChI is InChI=1S/C10H14O4/c1-7(8(2)10(13)14)5-3-4-6-9(11)12/h1-6H2,(H,11,12)(H,13,14). The fraction of sp³-hybridized carbons (Fsp3) is 0.400. The lowest BCUT2D eigenvalue weighted by Crippen LogP contribution is -2.01. The van der Waals surface area contributed by atoms with Crippen LogP contribution in [0, 0.1) is 0 Å². The van der Waals surface area contributed by atoms with Gasteiger partial charge >= 0.3 is 11.9 Å². The highest BCUT2D eigenvalue weighted by Gasteiger charge is 2.07. The predicted molar refractivity (Wildman–Crippen MR) is 52.0 cm³/mol. The third-order valence-corrected chi connectivity index (χ3v) is 1.80. The zero-order chi connectivity index (χ0) is 11.1. The van der Waals surface area contributed by atoms with Gasteiger partial charge in [0.05, 0.1) is 5.57 Å². The Kier molecular flexibility index (Phi) is 5.29. The van der Waals surface area contributed by atoms with Gasteiger partial charge in [-0.2, -0.15) is 0 Å². The monoisotopic (exact) mass is 198 g/mol. The molecule has 0 amide bonds. The van der Waals surface area contributed by atoms with Gasteiger partial charge in [-0.1, -0.05) is 13.2 Å². The minimum Gasteiger partial charge on any atom is -0.481 e. The number of carboxylic acid groups (broad SMARTS) is 2. The van der Waals surface area contributed by atoms with Gasteiger partial charge < -0.3 is 10.2 Å². The van der Waals surface area contributed by atoms with Crippen molar-refractivity contribution in [1.29, 1.82) is 0 Å². The Balaban J connectivity index is 3.70. The highest BCUT2D eigenvalue weighted by Crippen LogP contribution is 2.14. The summed E-state index contributed by atoms with van der Waals surface area (Å²) in [6.45, 7) is 6.92. The lowest BCUT2D eigenvalue weighted by atomic mass is 10.0. The molecule has 0 saturated heterocycles. The summed E-state index contributed by atoms with van der Waals surface area (Å²) in [6.07, 6.45) is 1.74. The average Bonchev–Trinajstić information content (AvgIpc) is 2.10. The Morgan fingerprint density at radius 1 is 1.00 bits per heavy atom. The fourth-order valence-corrected chi connectivity index (χ4v) is 0.917. The number of carbonyl (C=O) groups is 2. The van der Waals surface area contributed by atoms with E-state index in [-0.39, 0.29) is 12.0 Å². The summed E-state index contributed by atoms with van der Waals surface area (Å²) in [5, 5.41) is 16.9. The minimum absolute atomic E-state index is 0.000301. The molecular weight excluding hydrogens is 184 g/mol. The Morgan fingerprint density at radius 2 is 1.50 bits per heavy atom. The second-order valence-electron chi connectivity index (χ2n) is 2.99. The summed E-state index contributed by atoms with van der Waals surface area (Å²) in [5.41, 5.74) is 0.461. The van der Waals surface area contributed by atoms with Crippen LogP contribution in [0.25, 0.3) is 0 Å². The third kappa shape index (κ3) is 5.13. The first-order valence-electron chi connectivity index (χ1n) is 4.27. The van der Waals surface area contributed by atoms with E-state index in [9.17, 15) is 9.59 Å². The van der Waals surface area contributed by atoms with E-state index in [1.807, 2.05) is 0 Å². The summed E-state index contributed by atoms with van der Waals surface area (Å²) in [7, 11) is 0. The molecule has 0 aliphatic carbocycles. The van der Waals surface area contributed by atoms with Crippen LogP contribution in [0.4, 0.5) is 0 Å². The van der Waals surface area contributed by atoms with Crippen molar-refractivity contribution >= 4 is 11.9 Å². The molecule has 0 rings (SSSR count). The molecule has 0 saturated carbocycles. The molecule has 14 heavy (non-hydrogen) atoms. The summed E-state index contributed by atoms with van der Waals surface area (Å²) in [4.78, 5) is 20.6. The second kappa shape index (κ2) is 5.96. The molecule has 0 bridgehead atoms. The van der Waals surface area contributed by atoms with Crippen LogP contribution in [-0.4, -0.2) is 22.2 Å². The largest absolute Gasteiger partial charge is 0.481 e. The van der Waals surface area contributed by atoms with Gasteiger partial charge in [-0.05, 0) is 24.8 Å². The van der Waals surface area contributed by atoms with Crippen LogP contribution in [0.5, 0.6) is 0 Å². The summed E-state index contributed by atoms with van der Waals surface area (Å²) < 4.78 is 0. The van der Waals surface area contributed by atoms with Crippen molar-refractivity contribution in [2.24, 2.45) is 0 Å². The molecule has 0 heterocycles. The van der Waals surface area contributed by atoms with Gasteiger partial charge in [-0.25, -0.2) is 4.79 Å². The highest BCUT2D eigenvalue weighted by atomic mass is 16.4. The molecule has 2 N–H and O–H groups in total. The lowest BCUT2D eigenvalue weighted by Gasteiger charge is -2.03. The van der Waals surface area contributed by atoms with Gasteiger partial charge in [0.25, 0.3) is 0 Å². The smallest absolute Gasteiger partial charge is 0.335 e. The molecule has 0 aromatic heterocycles. The van der Waals surface area contributed by atoms with Crippen LogP contribution in [0.2, 0.25) is 0 Å². The Hall–Kier alpha value is -1.58. The molecule has 0 unspecified atom stereocenters. The van der Waals surface area contributed by atoms with Gasteiger partial charge in [0.15, 0.2) is 0 Å². The molecule has 0 atom stereocenters. The van der Waals surface area contributed by atoms with E-state index in [2.05, 4.69) is 13.2 Å². The van der Waals surface area contributed by atoms with Crippen molar-refractivity contribution in [2.75, 3.05) is 0 Å². The number of aliphatic carboxylic acids is 2. The Bertz CT molecular complexity index is 265. The first-order chi connectivity index (χ1) is 6.45. The molecular formula is C10H14O4. The maximum Gasteiger partial charge on any atom is 0.335 e. The van der Waals surface area contributed by atoms with E-state index in [0.29, 0.717) is 24.8 Å². The Morgan fingerprint density at radius 3 is 1.93 bits per heavy atom. The Labute approximate surface area is 82.6 Å². The second-order valence-corrected chi connectivity index (χ2v) is 2.99. The van der Waals surface area contributed by atoms with Crippen LogP contribution in [0.1, 0.15) is 25.7 Å². The van der Waals surface area contributed by atoms with Crippen molar-refractivity contribution < 1.29 is 19.8 Å². The lowest BCUT2D eigenvalue weighted by molar-refractivity contribution is -0.137. The molecule has 4 heteroatoms. The van der Waals surface area contributed by atoms with Gasteiger partial charge in [0.2, 0.25) is 0 Å². The van der Waals surface area contributed by atoms with Crippen LogP contribution >= 0.6 is 0 Å². The van der Waals surface area contributed by atoms with Crippen molar-refractivity contribution in [1.82, 2.24) is 0 Å². The highest BCUT2D eigenvalue weighted by molar-refractivity contribution is 5.90. The van der Waals surface area contributed by atoms with Crippen LogP contribution in [0.3, 0.4) is 0 Å². The fourth-order valence-electron chi connectivity index (χ4n) is 0.917. The molecule has 0 aromatic carbocycles. The molecule has 78 valence electrons. The molecule has 4 nitrogen and oxygen atoms in total. The summed E-state index contributed by atoms with van der Waals surface area (Å²) in [6, 6.07) is 0. The minimum atomic E-state index is -1.08. The van der Waals surface area contributed by atoms with Gasteiger partial charge in [-0.15, -0.1) is 0 Å². The van der Waals surface area contributed by atoms with E-state index in [0.717, 1.165) is 0 Å². The SMILES string of the molecule is C=C(CCCCC(=O)O)C(=C)C(=O)O. The molecule has 0 radical (unpaired) electrons. The quantitative estimate of drug-likeness (QED) is 0.372. The first-order valence-corrected chi connectivity index (χ1v) is 4.27. The summed E-state index contributed by atoms with van der Waals surface area (Å²) >= 11 is 0. The zero-order valence-corrected chi connectivity index (χ0v) is 7.95. The predicted octanol–water partition coefficient (Wildman–Crippen LogP) is 1.83. The number of carboxylic acids is 2. The van der Waals surface area contributed by atoms with Gasteiger partial charge in [-0.3, -0.25) is 4.79 Å². The number of unbranched alkanes of at least 4 members (excludes halogenated alkanes) is 1. The van der Waals surface area contributed by atoms with Crippen molar-refractivity contribution in [3.63, 3.8) is 0 Å². The van der Waals surface area contributed by atoms with Crippen LogP contribution in [0.15, 0.2) is 24.3 Å². The number of rotatable bonds is 7. The topological polar surface area (TPSA) is 74.6 Å². The molecule has 0 spiro atoms. The van der Waals surface area contributed by atoms with E-state index < -0.39 is 11.9 Å². The number of hydrogen-bond donors (Lipinski definition) is 2. The molecule has 0 fully saturated rings. The average molecular weight is 198 g/mol. The maximum atomic E-state index is 10.4. The first kappa shape index (κ1) is 12.4. The van der Waals surface area contributed by atoms with Gasteiger partial charge in [0, 0.05) is 6.42 Å². The van der Waals surface area contributed by atoms with Crippen LogP contribution in [-0.2, 0) is 9.59 Å². The van der Waals surface area contributed by atoms with E-state index >= 15 is 0 Å². The van der Waals surface area contributed by atoms with Crippen LogP contribution < -0.4 is 0 Å². The maximum absolute atomic E-state index is 10.4. The van der Waals surface area contributed by atoms with E-state index in [4.69, 9.17) is 10.2 Å². The normalized spacial score (nSPS) is 9.43. The third-order valence-electron chi connectivity index (χ3n) is 1.80. The van der Waals surface area contributed by atoms with Crippen molar-refractivity contribution in [3.05, 3.63) is 24.3 Å². The zero-order valence-electron chi connectivity index (χ0n) is 7.95. The van der Waals surface area contributed by atoms with E-state index in [1.54, 1.807) is 0 Å². The molecule has 0 aromatic rings. The summed E-state index contributed by atoms with van der Waals surface area (Å²) in [5.74, 6) is -1.92. The van der Waals surface area contributed by atoms with E-state index in [1.165, 1.54) is 0 Å². The van der Waals surface area contributed by atoms with Crippen molar-refractivity contribution in [3.8, 4) is 0 Å². The molecule has 0 aliphatic rings.